The number of aromatic hydroxyl groups is 1. The summed E-state index contributed by atoms with van der Waals surface area (Å²) in [6.07, 6.45) is 1.51. The van der Waals surface area contributed by atoms with Gasteiger partial charge < -0.3 is 5.11 Å². The fraction of sp³-hybridized carbons (Fsp3) is 0.143. The highest BCUT2D eigenvalue weighted by Crippen LogP contribution is 2.37. The Bertz CT molecular complexity index is 1330. The Hall–Kier alpha value is -2.91. The molecule has 0 fully saturated rings. The van der Waals surface area contributed by atoms with Gasteiger partial charge in [-0.2, -0.15) is 13.2 Å². The monoisotopic (exact) mass is 465 g/mol. The zero-order valence-corrected chi connectivity index (χ0v) is 17.6. The first-order chi connectivity index (χ1) is 14.7. The Morgan fingerprint density at radius 2 is 1.81 bits per heavy atom. The van der Waals surface area contributed by atoms with Crippen molar-refractivity contribution in [3.63, 3.8) is 0 Å². The summed E-state index contributed by atoms with van der Waals surface area (Å²) >= 11 is 6.10. The van der Waals surface area contributed by atoms with Crippen LogP contribution >= 0.6 is 23.4 Å². The lowest BCUT2D eigenvalue weighted by atomic mass is 10.1. The molecule has 0 unspecified atom stereocenters. The molecule has 0 aliphatic rings. The molecule has 0 amide bonds. The summed E-state index contributed by atoms with van der Waals surface area (Å²) in [5.41, 5.74) is -3.01. The van der Waals surface area contributed by atoms with Gasteiger partial charge in [0.05, 0.1) is 28.5 Å². The Balaban J connectivity index is 1.76. The molecule has 4 rings (SSSR count). The van der Waals surface area contributed by atoms with E-state index < -0.39 is 11.2 Å². The van der Waals surface area contributed by atoms with Crippen LogP contribution in [0.2, 0.25) is 5.02 Å². The molecule has 31 heavy (non-hydrogen) atoms. The van der Waals surface area contributed by atoms with Crippen LogP contribution in [-0.2, 0) is 6.54 Å². The van der Waals surface area contributed by atoms with Gasteiger partial charge in [-0.25, -0.2) is 9.36 Å². The van der Waals surface area contributed by atoms with Crippen LogP contribution in [0, 0.1) is 6.92 Å². The summed E-state index contributed by atoms with van der Waals surface area (Å²) in [4.78, 5) is 17.4. The van der Waals surface area contributed by atoms with E-state index in [9.17, 15) is 23.1 Å². The van der Waals surface area contributed by atoms with Crippen LogP contribution in [0.25, 0.3) is 16.6 Å². The maximum Gasteiger partial charge on any atom is 0.446 e. The first kappa shape index (κ1) is 21.3. The van der Waals surface area contributed by atoms with E-state index in [0.717, 1.165) is 9.95 Å². The molecule has 4 aromatic rings. The van der Waals surface area contributed by atoms with Crippen molar-refractivity contribution in [2.24, 2.45) is 0 Å². The summed E-state index contributed by atoms with van der Waals surface area (Å²) in [6, 6.07) is 12.6. The van der Waals surface area contributed by atoms with Crippen molar-refractivity contribution in [1.29, 1.82) is 0 Å². The summed E-state index contributed by atoms with van der Waals surface area (Å²) in [5.74, 6) is -0.296. The van der Waals surface area contributed by atoms with Gasteiger partial charge in [0.2, 0.25) is 5.88 Å². The minimum absolute atomic E-state index is 0.0185. The Kier molecular flexibility index (Phi) is 5.49. The molecule has 160 valence electrons. The maximum atomic E-state index is 13.1. The van der Waals surface area contributed by atoms with Gasteiger partial charge in [-0.3, -0.25) is 9.55 Å². The number of alkyl halides is 3. The summed E-state index contributed by atoms with van der Waals surface area (Å²) in [7, 11) is 0. The number of nitrogens with zero attached hydrogens (tertiary/aromatic N) is 3. The van der Waals surface area contributed by atoms with Crippen LogP contribution in [0.15, 0.2) is 64.4 Å². The van der Waals surface area contributed by atoms with Crippen molar-refractivity contribution in [3.05, 3.63) is 81.5 Å². The third kappa shape index (κ3) is 4.15. The van der Waals surface area contributed by atoms with Crippen LogP contribution in [0.4, 0.5) is 13.2 Å². The fourth-order valence-electron chi connectivity index (χ4n) is 3.35. The molecule has 2 aromatic heterocycles. The second kappa shape index (κ2) is 7.97. The van der Waals surface area contributed by atoms with E-state index in [4.69, 9.17) is 11.6 Å². The standard InChI is InChI=1S/C21H15ClF3N3O2S/c1-12-19(29)28(13-6-8-14(9-7-13)31-21(23,24)25)20(30)27(12)11-16-15-4-2-3-5-18(15)26-10-17(16)22/h2-10,29H,11H2,1H3. The second-order valence-electron chi connectivity index (χ2n) is 6.76. The number of para-hydroxylation sites is 1. The molecule has 0 atom stereocenters. The molecule has 0 saturated heterocycles. The molecular weight excluding hydrogens is 451 g/mol. The molecule has 10 heteroatoms. The highest BCUT2D eigenvalue weighted by atomic mass is 35.5. The van der Waals surface area contributed by atoms with Gasteiger partial charge in [0.1, 0.15) is 0 Å². The van der Waals surface area contributed by atoms with Crippen molar-refractivity contribution >= 4 is 34.3 Å². The largest absolute Gasteiger partial charge is 0.493 e. The SMILES string of the molecule is Cc1c(O)n(-c2ccc(SC(F)(F)F)cc2)c(=O)n1Cc1c(Cl)cnc2ccccc12. The molecule has 0 saturated carbocycles. The van der Waals surface area contributed by atoms with Crippen molar-refractivity contribution in [1.82, 2.24) is 14.1 Å². The van der Waals surface area contributed by atoms with Crippen LogP contribution < -0.4 is 5.69 Å². The van der Waals surface area contributed by atoms with Crippen molar-refractivity contribution in [2.45, 2.75) is 23.9 Å². The highest BCUT2D eigenvalue weighted by molar-refractivity contribution is 8.00. The third-order valence-corrected chi connectivity index (χ3v) is 5.91. The quantitative estimate of drug-likeness (QED) is 0.403. The molecule has 2 aromatic carbocycles. The van der Waals surface area contributed by atoms with Crippen LogP contribution in [0.5, 0.6) is 5.88 Å². The van der Waals surface area contributed by atoms with Gasteiger partial charge in [0.25, 0.3) is 0 Å². The average molecular weight is 466 g/mol. The number of hydrogen-bond acceptors (Lipinski definition) is 4. The number of benzene rings is 2. The normalized spacial score (nSPS) is 11.9. The summed E-state index contributed by atoms with van der Waals surface area (Å²) in [6.45, 7) is 1.67. The summed E-state index contributed by atoms with van der Waals surface area (Å²) < 4.78 is 40.1. The number of hydrogen-bond donors (Lipinski definition) is 1. The topological polar surface area (TPSA) is 60.1 Å². The zero-order chi connectivity index (χ0) is 22.3. The number of imidazole rings is 1. The fourth-order valence-corrected chi connectivity index (χ4v) is 4.10. The third-order valence-electron chi connectivity index (χ3n) is 4.84. The van der Waals surface area contributed by atoms with Gasteiger partial charge >= 0.3 is 11.2 Å². The smallest absolute Gasteiger partial charge is 0.446 e. The number of aromatic nitrogens is 3. The van der Waals surface area contributed by atoms with Gasteiger partial charge in [0.15, 0.2) is 0 Å². The molecule has 1 N–H and O–H groups in total. The van der Waals surface area contributed by atoms with Crippen molar-refractivity contribution < 1.29 is 18.3 Å². The van der Waals surface area contributed by atoms with E-state index in [1.54, 1.807) is 6.92 Å². The molecule has 0 spiro atoms. The molecular formula is C21H15ClF3N3O2S. The van der Waals surface area contributed by atoms with E-state index in [-0.39, 0.29) is 34.8 Å². The maximum absolute atomic E-state index is 13.1. The number of fused-ring (bicyclic) bond motifs is 1. The lowest BCUT2D eigenvalue weighted by Crippen LogP contribution is -2.24. The minimum atomic E-state index is -4.41. The number of halogens is 4. The van der Waals surface area contributed by atoms with Crippen molar-refractivity contribution in [2.75, 3.05) is 0 Å². The lowest BCUT2D eigenvalue weighted by molar-refractivity contribution is -0.0328. The van der Waals surface area contributed by atoms with E-state index in [1.165, 1.54) is 35.0 Å². The van der Waals surface area contributed by atoms with Crippen LogP contribution in [-0.4, -0.2) is 24.7 Å². The molecule has 2 heterocycles. The number of thioether (sulfide) groups is 1. The van der Waals surface area contributed by atoms with Gasteiger partial charge in [-0.15, -0.1) is 0 Å². The molecule has 0 aliphatic carbocycles. The average Bonchev–Trinajstić information content (AvgIpc) is 2.93. The molecule has 0 bridgehead atoms. The Morgan fingerprint density at radius 1 is 1.13 bits per heavy atom. The van der Waals surface area contributed by atoms with Gasteiger partial charge in [-0.05, 0) is 49.0 Å². The predicted molar refractivity (Wildman–Crippen MR) is 114 cm³/mol. The molecule has 0 radical (unpaired) electrons. The van der Waals surface area contributed by atoms with Gasteiger partial charge in [0, 0.05) is 22.0 Å². The first-order valence-corrected chi connectivity index (χ1v) is 10.2. The molecule has 0 aliphatic heterocycles. The predicted octanol–water partition coefficient (Wildman–Crippen LogP) is 5.51. The highest BCUT2D eigenvalue weighted by Gasteiger charge is 2.29. The van der Waals surface area contributed by atoms with Gasteiger partial charge in [-0.1, -0.05) is 29.8 Å². The van der Waals surface area contributed by atoms with Crippen LogP contribution in [0.3, 0.4) is 0 Å². The zero-order valence-electron chi connectivity index (χ0n) is 16.0. The van der Waals surface area contributed by atoms with Crippen molar-refractivity contribution in [3.8, 4) is 11.6 Å². The van der Waals surface area contributed by atoms with E-state index in [2.05, 4.69) is 4.98 Å². The Labute approximate surface area is 183 Å². The van der Waals surface area contributed by atoms with E-state index >= 15 is 0 Å². The number of pyridine rings is 1. The molecule has 5 nitrogen and oxygen atoms in total. The van der Waals surface area contributed by atoms with E-state index in [0.29, 0.717) is 21.8 Å². The number of rotatable bonds is 4. The second-order valence-corrected chi connectivity index (χ2v) is 8.30. The van der Waals surface area contributed by atoms with E-state index in [1.807, 2.05) is 24.3 Å². The lowest BCUT2D eigenvalue weighted by Gasteiger charge is -2.10. The Morgan fingerprint density at radius 3 is 2.48 bits per heavy atom. The summed E-state index contributed by atoms with van der Waals surface area (Å²) in [5, 5.41) is 11.7. The van der Waals surface area contributed by atoms with Crippen LogP contribution in [0.1, 0.15) is 11.3 Å². The first-order valence-electron chi connectivity index (χ1n) is 9.05. The minimum Gasteiger partial charge on any atom is -0.493 e.